The molecule has 34 heavy (non-hydrogen) atoms. The molecular weight excluding hydrogens is 440 g/mol. The zero-order valence-corrected chi connectivity index (χ0v) is 18.7. The summed E-state index contributed by atoms with van der Waals surface area (Å²) in [4.78, 5) is 35.8. The normalized spacial score (nSPS) is 10.5. The molecule has 0 fully saturated rings. The van der Waals surface area contributed by atoms with E-state index in [1.807, 2.05) is 31.2 Å². The highest BCUT2D eigenvalue weighted by atomic mass is 16.5. The number of aryl methyl sites for hydroxylation is 1. The molecule has 1 heterocycles. The highest BCUT2D eigenvalue weighted by Crippen LogP contribution is 2.27. The van der Waals surface area contributed by atoms with Gasteiger partial charge in [0, 0.05) is 5.69 Å². The molecule has 0 bridgehead atoms. The fourth-order valence-electron chi connectivity index (χ4n) is 2.80. The van der Waals surface area contributed by atoms with Crippen LogP contribution in [0.4, 0.5) is 5.69 Å². The average molecular weight is 464 g/mol. The number of carbonyl (C=O) groups excluding carboxylic acids is 3. The molecule has 3 N–H and O–H groups in total. The zero-order valence-electron chi connectivity index (χ0n) is 18.7. The largest absolute Gasteiger partial charge is 0.493 e. The first kappa shape index (κ1) is 24.1. The first-order valence-corrected chi connectivity index (χ1v) is 10.3. The Morgan fingerprint density at radius 2 is 1.85 bits per heavy atom. The standard InChI is InChI=1S/C24H24N4O6/c1-16-6-3-4-8-19(16)27-22(29)15-34-20-10-9-17(12-21(20)32-2)13-26-28-24(31)23(30)25-14-18-7-5-11-33-18/h3-13H,14-15H2,1-2H3,(H,25,30)(H,27,29)(H,28,31)/b26-13-. The molecule has 10 nitrogen and oxygen atoms in total. The Labute approximate surface area is 195 Å². The van der Waals surface area contributed by atoms with Gasteiger partial charge in [-0.3, -0.25) is 14.4 Å². The molecule has 0 aliphatic heterocycles. The van der Waals surface area contributed by atoms with Crippen molar-refractivity contribution in [3.63, 3.8) is 0 Å². The van der Waals surface area contributed by atoms with Crippen LogP contribution in [0.25, 0.3) is 0 Å². The van der Waals surface area contributed by atoms with Crippen LogP contribution in [0, 0.1) is 6.92 Å². The fraction of sp³-hybridized carbons (Fsp3) is 0.167. The Balaban J connectivity index is 1.50. The van der Waals surface area contributed by atoms with Crippen molar-refractivity contribution in [2.75, 3.05) is 19.0 Å². The number of methoxy groups -OCH3 is 1. The van der Waals surface area contributed by atoms with E-state index in [9.17, 15) is 14.4 Å². The van der Waals surface area contributed by atoms with Gasteiger partial charge in [0.25, 0.3) is 5.91 Å². The van der Waals surface area contributed by atoms with Crippen LogP contribution in [0.2, 0.25) is 0 Å². The highest BCUT2D eigenvalue weighted by molar-refractivity contribution is 6.35. The smallest absolute Gasteiger partial charge is 0.329 e. The summed E-state index contributed by atoms with van der Waals surface area (Å²) in [6, 6.07) is 15.7. The van der Waals surface area contributed by atoms with E-state index in [2.05, 4.69) is 21.2 Å². The molecule has 10 heteroatoms. The van der Waals surface area contributed by atoms with Crippen molar-refractivity contribution in [1.29, 1.82) is 0 Å². The third-order valence-corrected chi connectivity index (χ3v) is 4.55. The predicted octanol–water partition coefficient (Wildman–Crippen LogP) is 2.38. The van der Waals surface area contributed by atoms with Gasteiger partial charge >= 0.3 is 11.8 Å². The summed E-state index contributed by atoms with van der Waals surface area (Å²) >= 11 is 0. The molecule has 0 aliphatic rings. The molecule has 3 rings (SSSR count). The van der Waals surface area contributed by atoms with E-state index >= 15 is 0 Å². The lowest BCUT2D eigenvalue weighted by atomic mass is 10.2. The Bertz CT molecular complexity index is 1170. The number of nitrogens with zero attached hydrogens (tertiary/aromatic N) is 1. The SMILES string of the molecule is COc1cc(/C=N\NC(=O)C(=O)NCc2ccco2)ccc1OCC(=O)Nc1ccccc1C. The van der Waals surface area contributed by atoms with Crippen molar-refractivity contribution in [2.45, 2.75) is 13.5 Å². The number of hydrogen-bond donors (Lipinski definition) is 3. The number of amides is 3. The Hall–Kier alpha value is -4.60. The molecule has 2 aromatic carbocycles. The summed E-state index contributed by atoms with van der Waals surface area (Å²) in [5, 5.41) is 8.98. The first-order chi connectivity index (χ1) is 16.5. The molecule has 1 aromatic heterocycles. The van der Waals surface area contributed by atoms with Gasteiger partial charge in [-0.15, -0.1) is 0 Å². The quantitative estimate of drug-likeness (QED) is 0.253. The lowest BCUT2D eigenvalue weighted by Gasteiger charge is -2.12. The van der Waals surface area contributed by atoms with Crippen LogP contribution in [0.1, 0.15) is 16.9 Å². The van der Waals surface area contributed by atoms with E-state index in [4.69, 9.17) is 13.9 Å². The first-order valence-electron chi connectivity index (χ1n) is 10.3. The average Bonchev–Trinajstić information content (AvgIpc) is 3.36. The van der Waals surface area contributed by atoms with Crippen molar-refractivity contribution in [3.05, 3.63) is 77.7 Å². The maximum absolute atomic E-state index is 12.2. The van der Waals surface area contributed by atoms with E-state index in [1.54, 1.807) is 30.3 Å². The van der Waals surface area contributed by atoms with Crippen molar-refractivity contribution >= 4 is 29.6 Å². The van der Waals surface area contributed by atoms with E-state index in [0.717, 1.165) is 5.56 Å². The van der Waals surface area contributed by atoms with Crippen LogP contribution in [0.15, 0.2) is 70.4 Å². The van der Waals surface area contributed by atoms with Crippen molar-refractivity contribution in [1.82, 2.24) is 10.7 Å². The molecular formula is C24H24N4O6. The van der Waals surface area contributed by atoms with Gasteiger partial charge in [-0.2, -0.15) is 5.10 Å². The van der Waals surface area contributed by atoms with Gasteiger partial charge in [-0.05, 0) is 54.4 Å². The second kappa shape index (κ2) is 11.9. The summed E-state index contributed by atoms with van der Waals surface area (Å²) in [6.07, 6.45) is 2.81. The minimum Gasteiger partial charge on any atom is -0.493 e. The van der Waals surface area contributed by atoms with Gasteiger partial charge in [-0.25, -0.2) is 5.43 Å². The van der Waals surface area contributed by atoms with Gasteiger partial charge in [0.05, 0.1) is 26.1 Å². The number of ether oxygens (including phenoxy) is 2. The van der Waals surface area contributed by atoms with Gasteiger partial charge in [-0.1, -0.05) is 18.2 Å². The second-order valence-electron chi connectivity index (χ2n) is 7.02. The molecule has 0 saturated heterocycles. The number of furan rings is 1. The van der Waals surface area contributed by atoms with E-state index in [-0.39, 0.29) is 19.1 Å². The lowest BCUT2D eigenvalue weighted by molar-refractivity contribution is -0.139. The molecule has 0 atom stereocenters. The van der Waals surface area contributed by atoms with Gasteiger partial charge in [0.1, 0.15) is 5.76 Å². The molecule has 0 spiro atoms. The minimum absolute atomic E-state index is 0.0879. The summed E-state index contributed by atoms with van der Waals surface area (Å²) in [5.41, 5.74) is 4.38. The molecule has 0 saturated carbocycles. The Kier molecular flexibility index (Phi) is 8.39. The number of benzene rings is 2. The number of hydrogen-bond acceptors (Lipinski definition) is 7. The van der Waals surface area contributed by atoms with E-state index < -0.39 is 11.8 Å². The lowest BCUT2D eigenvalue weighted by Crippen LogP contribution is -2.37. The number of hydrazone groups is 1. The number of anilines is 1. The van der Waals surface area contributed by atoms with Gasteiger partial charge < -0.3 is 24.5 Å². The van der Waals surface area contributed by atoms with Crippen molar-refractivity contribution in [2.24, 2.45) is 5.10 Å². The zero-order chi connectivity index (χ0) is 24.3. The van der Waals surface area contributed by atoms with Crippen molar-refractivity contribution in [3.8, 4) is 11.5 Å². The fourth-order valence-corrected chi connectivity index (χ4v) is 2.80. The van der Waals surface area contributed by atoms with E-state index in [0.29, 0.717) is 28.5 Å². The summed E-state index contributed by atoms with van der Waals surface area (Å²) in [5.74, 6) is -0.828. The second-order valence-corrected chi connectivity index (χ2v) is 7.02. The molecule has 0 aliphatic carbocycles. The Morgan fingerprint density at radius 3 is 2.59 bits per heavy atom. The maximum Gasteiger partial charge on any atom is 0.329 e. The molecule has 0 unspecified atom stereocenters. The molecule has 176 valence electrons. The number of carbonyl (C=O) groups is 3. The molecule has 0 radical (unpaired) electrons. The highest BCUT2D eigenvalue weighted by Gasteiger charge is 2.13. The topological polar surface area (TPSA) is 131 Å². The maximum atomic E-state index is 12.2. The van der Waals surface area contributed by atoms with Crippen molar-refractivity contribution < 1.29 is 28.3 Å². The summed E-state index contributed by atoms with van der Waals surface area (Å²) < 4.78 is 16.0. The van der Waals surface area contributed by atoms with Crippen LogP contribution >= 0.6 is 0 Å². The van der Waals surface area contributed by atoms with Crippen LogP contribution in [-0.4, -0.2) is 37.7 Å². The Morgan fingerprint density at radius 1 is 1.03 bits per heavy atom. The monoisotopic (exact) mass is 464 g/mol. The number of para-hydroxylation sites is 1. The molecule has 3 amide bonds. The van der Waals surface area contributed by atoms with Gasteiger partial charge in [0.15, 0.2) is 18.1 Å². The van der Waals surface area contributed by atoms with Gasteiger partial charge in [0.2, 0.25) is 0 Å². The number of nitrogens with one attached hydrogen (secondary N) is 3. The minimum atomic E-state index is -0.922. The number of rotatable bonds is 9. The van der Waals surface area contributed by atoms with Crippen LogP contribution in [0.3, 0.4) is 0 Å². The summed E-state index contributed by atoms with van der Waals surface area (Å²) in [6.45, 7) is 1.78. The summed E-state index contributed by atoms with van der Waals surface area (Å²) in [7, 11) is 1.46. The van der Waals surface area contributed by atoms with E-state index in [1.165, 1.54) is 19.6 Å². The van der Waals surface area contributed by atoms with Crippen LogP contribution < -0.4 is 25.5 Å². The molecule has 3 aromatic rings. The third kappa shape index (κ3) is 6.95. The predicted molar refractivity (Wildman–Crippen MR) is 125 cm³/mol. The third-order valence-electron chi connectivity index (χ3n) is 4.55. The van der Waals surface area contributed by atoms with Crippen LogP contribution in [-0.2, 0) is 20.9 Å². The van der Waals surface area contributed by atoms with Crippen LogP contribution in [0.5, 0.6) is 11.5 Å².